The van der Waals surface area contributed by atoms with Crippen molar-refractivity contribution < 1.29 is 19.2 Å². The zero-order valence-corrected chi connectivity index (χ0v) is 19.6. The molecular weight excluding hydrogens is 452 g/mol. The summed E-state index contributed by atoms with van der Waals surface area (Å²) in [5.74, 6) is -0.982. The Morgan fingerprint density at radius 3 is 2.53 bits per heavy atom. The van der Waals surface area contributed by atoms with Crippen molar-refractivity contribution in [3.05, 3.63) is 76.5 Å². The summed E-state index contributed by atoms with van der Waals surface area (Å²) in [4.78, 5) is 54.0. The second kappa shape index (κ2) is 9.88. The van der Waals surface area contributed by atoms with Gasteiger partial charge in [-0.1, -0.05) is 18.2 Å². The van der Waals surface area contributed by atoms with Gasteiger partial charge in [0.2, 0.25) is 11.8 Å². The number of benzene rings is 2. The van der Waals surface area contributed by atoms with E-state index in [9.17, 15) is 19.2 Å². The van der Waals surface area contributed by atoms with Crippen LogP contribution < -0.4 is 15.5 Å². The third kappa shape index (κ3) is 4.99. The van der Waals surface area contributed by atoms with Crippen molar-refractivity contribution in [1.29, 1.82) is 0 Å². The Bertz CT molecular complexity index is 1220. The topological polar surface area (TPSA) is 98.8 Å². The molecule has 4 rings (SSSR count). The zero-order chi connectivity index (χ0) is 24.2. The standard InChI is InChI=1S/C25H24N4O4S/c1-16-14-22(30)27-19-6-3-4-7-20(19)29(16)23(31)15-28(2)25(33)17-9-11-18(12-10-17)26-24(32)21-8-5-13-34-21/h3-13,16H,14-15H2,1-2H3,(H,26,32)(H,27,30)/t16-/m1/s1. The van der Waals surface area contributed by atoms with Crippen LogP contribution in [-0.2, 0) is 9.59 Å². The SMILES string of the molecule is C[C@@H]1CC(=O)Nc2ccccc2N1C(=O)CN(C)C(=O)c1ccc(NC(=O)c2cccs2)cc1. The third-order valence-corrected chi connectivity index (χ3v) is 6.35. The summed E-state index contributed by atoms with van der Waals surface area (Å²) in [5.41, 5.74) is 2.14. The van der Waals surface area contributed by atoms with E-state index in [1.165, 1.54) is 16.2 Å². The Balaban J connectivity index is 1.43. The maximum absolute atomic E-state index is 13.2. The molecule has 0 aliphatic carbocycles. The van der Waals surface area contributed by atoms with Crippen LogP contribution in [0, 0.1) is 0 Å². The number of para-hydroxylation sites is 2. The third-order valence-electron chi connectivity index (χ3n) is 5.48. The quantitative estimate of drug-likeness (QED) is 0.585. The average molecular weight is 477 g/mol. The number of hydrogen-bond acceptors (Lipinski definition) is 5. The molecule has 0 radical (unpaired) electrons. The number of nitrogens with one attached hydrogen (secondary N) is 2. The summed E-state index contributed by atoms with van der Waals surface area (Å²) < 4.78 is 0. The van der Waals surface area contributed by atoms with Crippen molar-refractivity contribution in [3.63, 3.8) is 0 Å². The second-order valence-electron chi connectivity index (χ2n) is 8.05. The van der Waals surface area contributed by atoms with E-state index in [0.717, 1.165) is 0 Å². The highest BCUT2D eigenvalue weighted by molar-refractivity contribution is 7.12. The van der Waals surface area contributed by atoms with Crippen LogP contribution in [0.5, 0.6) is 0 Å². The Morgan fingerprint density at radius 1 is 1.09 bits per heavy atom. The fourth-order valence-corrected chi connectivity index (χ4v) is 4.45. The van der Waals surface area contributed by atoms with Gasteiger partial charge in [0, 0.05) is 30.8 Å². The first-order chi connectivity index (χ1) is 16.3. The highest BCUT2D eigenvalue weighted by atomic mass is 32.1. The molecule has 2 N–H and O–H groups in total. The lowest BCUT2D eigenvalue weighted by atomic mass is 10.1. The number of hydrogen-bond donors (Lipinski definition) is 2. The molecule has 0 bridgehead atoms. The van der Waals surface area contributed by atoms with E-state index < -0.39 is 0 Å². The van der Waals surface area contributed by atoms with Gasteiger partial charge < -0.3 is 20.4 Å². The van der Waals surface area contributed by atoms with Crippen molar-refractivity contribution >= 4 is 52.0 Å². The second-order valence-corrected chi connectivity index (χ2v) is 9.00. The van der Waals surface area contributed by atoms with E-state index >= 15 is 0 Å². The molecule has 0 fully saturated rings. The van der Waals surface area contributed by atoms with Crippen molar-refractivity contribution in [2.24, 2.45) is 0 Å². The Morgan fingerprint density at radius 2 is 1.82 bits per heavy atom. The summed E-state index contributed by atoms with van der Waals surface area (Å²) in [6, 6.07) is 16.8. The molecule has 3 aromatic rings. The Hall–Kier alpha value is -3.98. The van der Waals surface area contributed by atoms with Gasteiger partial charge >= 0.3 is 0 Å². The van der Waals surface area contributed by atoms with Gasteiger partial charge in [0.05, 0.1) is 16.3 Å². The normalized spacial score (nSPS) is 15.1. The van der Waals surface area contributed by atoms with E-state index in [4.69, 9.17) is 0 Å². The first kappa shape index (κ1) is 23.2. The van der Waals surface area contributed by atoms with E-state index in [-0.39, 0.29) is 42.6 Å². The van der Waals surface area contributed by atoms with Gasteiger partial charge in [-0.05, 0) is 54.8 Å². The highest BCUT2D eigenvalue weighted by Gasteiger charge is 2.30. The molecule has 2 heterocycles. The van der Waals surface area contributed by atoms with Crippen molar-refractivity contribution in [3.8, 4) is 0 Å². The minimum absolute atomic E-state index is 0.150. The lowest BCUT2D eigenvalue weighted by molar-refractivity contribution is -0.119. The Kier molecular flexibility index (Phi) is 6.74. The van der Waals surface area contributed by atoms with Gasteiger partial charge in [-0.25, -0.2) is 0 Å². The molecule has 2 aromatic carbocycles. The van der Waals surface area contributed by atoms with Gasteiger partial charge in [0.15, 0.2) is 0 Å². The predicted molar refractivity (Wildman–Crippen MR) is 132 cm³/mol. The maximum atomic E-state index is 13.2. The molecule has 0 spiro atoms. The summed E-state index contributed by atoms with van der Waals surface area (Å²) in [6.45, 7) is 1.66. The lowest BCUT2D eigenvalue weighted by Crippen LogP contribution is -2.45. The van der Waals surface area contributed by atoms with E-state index in [1.54, 1.807) is 72.6 Å². The summed E-state index contributed by atoms with van der Waals surface area (Å²) in [6.07, 6.45) is 0.163. The molecule has 174 valence electrons. The number of anilines is 3. The molecule has 9 heteroatoms. The van der Waals surface area contributed by atoms with Gasteiger partial charge in [-0.3, -0.25) is 19.2 Å². The maximum Gasteiger partial charge on any atom is 0.265 e. The molecule has 1 aliphatic heterocycles. The molecular formula is C25H24N4O4S. The van der Waals surface area contributed by atoms with Crippen LogP contribution in [0.25, 0.3) is 0 Å². The molecule has 0 unspecified atom stereocenters. The number of amides is 4. The van der Waals surface area contributed by atoms with Crippen LogP contribution in [0.3, 0.4) is 0 Å². The molecule has 0 saturated carbocycles. The molecule has 34 heavy (non-hydrogen) atoms. The molecule has 1 aromatic heterocycles. The number of carbonyl (C=O) groups excluding carboxylic acids is 4. The summed E-state index contributed by atoms with van der Waals surface area (Å²) in [7, 11) is 1.56. The fraction of sp³-hybridized carbons (Fsp3) is 0.200. The van der Waals surface area contributed by atoms with Crippen molar-refractivity contribution in [1.82, 2.24) is 4.90 Å². The van der Waals surface area contributed by atoms with Gasteiger partial charge in [-0.2, -0.15) is 0 Å². The number of rotatable bonds is 5. The summed E-state index contributed by atoms with van der Waals surface area (Å²) >= 11 is 1.35. The molecule has 1 aliphatic rings. The first-order valence-corrected chi connectivity index (χ1v) is 11.6. The number of likely N-dealkylation sites (N-methyl/N-ethyl adjacent to an activating group) is 1. The smallest absolute Gasteiger partial charge is 0.265 e. The van der Waals surface area contributed by atoms with Gasteiger partial charge in [0.25, 0.3) is 11.8 Å². The number of carbonyl (C=O) groups is 4. The Labute approximate surface area is 201 Å². The number of nitrogens with zero attached hydrogens (tertiary/aromatic N) is 2. The van der Waals surface area contributed by atoms with Crippen LogP contribution in [0.4, 0.5) is 17.1 Å². The minimum atomic E-state index is -0.356. The molecule has 8 nitrogen and oxygen atoms in total. The molecule has 0 saturated heterocycles. The number of fused-ring (bicyclic) bond motifs is 1. The van der Waals surface area contributed by atoms with Gasteiger partial charge in [0.1, 0.15) is 6.54 Å². The lowest BCUT2D eigenvalue weighted by Gasteiger charge is -2.29. The zero-order valence-electron chi connectivity index (χ0n) is 18.8. The van der Waals surface area contributed by atoms with E-state index in [1.807, 2.05) is 12.3 Å². The summed E-state index contributed by atoms with van der Waals surface area (Å²) in [5, 5.41) is 7.44. The molecule has 4 amide bonds. The van der Waals surface area contributed by atoms with Crippen LogP contribution in [-0.4, -0.2) is 48.2 Å². The predicted octanol–water partition coefficient (Wildman–Crippen LogP) is 3.84. The van der Waals surface area contributed by atoms with Crippen LogP contribution in [0.2, 0.25) is 0 Å². The van der Waals surface area contributed by atoms with E-state index in [2.05, 4.69) is 10.6 Å². The van der Waals surface area contributed by atoms with Crippen molar-refractivity contribution in [2.75, 3.05) is 29.1 Å². The molecule has 1 atom stereocenters. The highest BCUT2D eigenvalue weighted by Crippen LogP contribution is 2.31. The minimum Gasteiger partial charge on any atom is -0.332 e. The average Bonchev–Trinajstić information content (AvgIpc) is 3.31. The first-order valence-electron chi connectivity index (χ1n) is 10.7. The fourth-order valence-electron chi connectivity index (χ4n) is 3.84. The van der Waals surface area contributed by atoms with E-state index in [0.29, 0.717) is 27.5 Å². The largest absolute Gasteiger partial charge is 0.332 e. The number of thiophene rings is 1. The van der Waals surface area contributed by atoms with Crippen LogP contribution >= 0.6 is 11.3 Å². The van der Waals surface area contributed by atoms with Crippen LogP contribution in [0.15, 0.2) is 66.0 Å². The van der Waals surface area contributed by atoms with Crippen LogP contribution in [0.1, 0.15) is 33.4 Å². The van der Waals surface area contributed by atoms with Crippen molar-refractivity contribution in [2.45, 2.75) is 19.4 Å². The van der Waals surface area contributed by atoms with Gasteiger partial charge in [-0.15, -0.1) is 11.3 Å². The monoisotopic (exact) mass is 476 g/mol.